The summed E-state index contributed by atoms with van der Waals surface area (Å²) in [5, 5.41) is 2.16. The van der Waals surface area contributed by atoms with Crippen LogP contribution in [0.25, 0.3) is 0 Å². The second-order valence-corrected chi connectivity index (χ2v) is 6.94. The first-order valence-corrected chi connectivity index (χ1v) is 8.35. The van der Waals surface area contributed by atoms with Crippen molar-refractivity contribution < 1.29 is 4.79 Å². The molecule has 110 valence electrons. The normalized spacial score (nSPS) is 18.5. The third kappa shape index (κ3) is 2.81. The molecular formula is C18H21NOS. The fourth-order valence-corrected chi connectivity index (χ4v) is 4.05. The van der Waals surface area contributed by atoms with E-state index in [1.807, 2.05) is 37.3 Å². The summed E-state index contributed by atoms with van der Waals surface area (Å²) in [7, 11) is 0. The monoisotopic (exact) mass is 299 g/mol. The van der Waals surface area contributed by atoms with Gasteiger partial charge in [-0.3, -0.25) is 9.69 Å². The van der Waals surface area contributed by atoms with E-state index in [1.54, 1.807) is 0 Å². The van der Waals surface area contributed by atoms with Crippen LogP contribution in [0.2, 0.25) is 0 Å². The number of aryl methyl sites for hydroxylation is 2. The Balaban J connectivity index is 1.78. The predicted molar refractivity (Wildman–Crippen MR) is 88.3 cm³/mol. The molecule has 0 amide bonds. The lowest BCUT2D eigenvalue weighted by molar-refractivity contribution is 0.0891. The van der Waals surface area contributed by atoms with Crippen molar-refractivity contribution in [3.8, 4) is 0 Å². The number of thiophene rings is 1. The molecule has 1 atom stereocenters. The number of carbonyl (C=O) groups excluding carboxylic acids is 1. The highest BCUT2D eigenvalue weighted by molar-refractivity contribution is 7.10. The van der Waals surface area contributed by atoms with Crippen molar-refractivity contribution in [1.29, 1.82) is 0 Å². The zero-order valence-electron chi connectivity index (χ0n) is 12.8. The van der Waals surface area contributed by atoms with E-state index in [1.165, 1.54) is 10.4 Å². The molecule has 1 aliphatic heterocycles. The maximum Gasteiger partial charge on any atom is 0.177 e. The van der Waals surface area contributed by atoms with Gasteiger partial charge in [-0.15, -0.1) is 11.3 Å². The Morgan fingerprint density at radius 3 is 2.95 bits per heavy atom. The molecule has 0 radical (unpaired) electrons. The first-order valence-electron chi connectivity index (χ1n) is 7.47. The van der Waals surface area contributed by atoms with Crippen LogP contribution in [-0.4, -0.2) is 23.8 Å². The summed E-state index contributed by atoms with van der Waals surface area (Å²) in [6, 6.07) is 8.67. The van der Waals surface area contributed by atoms with E-state index in [9.17, 15) is 4.79 Å². The molecule has 1 unspecified atom stereocenters. The van der Waals surface area contributed by atoms with Crippen molar-refractivity contribution in [3.05, 3.63) is 56.8 Å². The minimum atomic E-state index is 0.238. The first-order chi connectivity index (χ1) is 10.1. The molecule has 0 N–H and O–H groups in total. The van der Waals surface area contributed by atoms with Crippen molar-refractivity contribution in [3.63, 3.8) is 0 Å². The summed E-state index contributed by atoms with van der Waals surface area (Å²) in [6.07, 6.45) is 1.07. The molecule has 0 spiro atoms. The number of ketones is 1. The standard InChI is InChI=1S/C18H21NOS/c1-12-4-5-13(2)16(10-12)17(20)11-19-8-6-18-15(14(19)3)7-9-21-18/h4-5,7,9-10,14H,6,8,11H2,1-3H3. The summed E-state index contributed by atoms with van der Waals surface area (Å²) in [6.45, 7) is 7.76. The molecule has 0 saturated heterocycles. The average molecular weight is 299 g/mol. The number of hydrogen-bond donors (Lipinski definition) is 0. The average Bonchev–Trinajstić information content (AvgIpc) is 2.93. The zero-order valence-corrected chi connectivity index (χ0v) is 13.7. The molecule has 1 aliphatic rings. The molecule has 1 aromatic carbocycles. The van der Waals surface area contributed by atoms with Gasteiger partial charge in [-0.1, -0.05) is 17.7 Å². The quantitative estimate of drug-likeness (QED) is 0.793. The van der Waals surface area contributed by atoms with Gasteiger partial charge in [0.05, 0.1) is 6.54 Å². The van der Waals surface area contributed by atoms with Crippen LogP contribution in [0.1, 0.15) is 44.9 Å². The predicted octanol–water partition coefficient (Wildman–Crippen LogP) is 4.17. The molecule has 3 rings (SSSR count). The van der Waals surface area contributed by atoms with Crippen LogP contribution in [0.3, 0.4) is 0 Å². The van der Waals surface area contributed by atoms with E-state index in [-0.39, 0.29) is 5.78 Å². The molecule has 2 aromatic rings. The summed E-state index contributed by atoms with van der Waals surface area (Å²) in [5.74, 6) is 0.238. The molecule has 0 saturated carbocycles. The van der Waals surface area contributed by atoms with E-state index in [0.29, 0.717) is 12.6 Å². The number of rotatable bonds is 3. The van der Waals surface area contributed by atoms with Crippen molar-refractivity contribution in [2.45, 2.75) is 33.2 Å². The van der Waals surface area contributed by atoms with Crippen molar-refractivity contribution in [2.75, 3.05) is 13.1 Å². The minimum Gasteiger partial charge on any atom is -0.293 e. The Labute approximate surface area is 130 Å². The van der Waals surface area contributed by atoms with Crippen LogP contribution in [0.4, 0.5) is 0 Å². The van der Waals surface area contributed by atoms with E-state index in [4.69, 9.17) is 0 Å². The Bertz CT molecular complexity index is 674. The SMILES string of the molecule is Cc1ccc(C)c(C(=O)CN2CCc3sccc3C2C)c1. The molecule has 2 nitrogen and oxygen atoms in total. The van der Waals surface area contributed by atoms with Gasteiger partial charge in [-0.25, -0.2) is 0 Å². The highest BCUT2D eigenvalue weighted by atomic mass is 32.1. The van der Waals surface area contributed by atoms with Crippen LogP contribution in [0.15, 0.2) is 29.6 Å². The van der Waals surface area contributed by atoms with Gasteiger partial charge < -0.3 is 0 Å². The molecule has 0 aliphatic carbocycles. The lowest BCUT2D eigenvalue weighted by atomic mass is 9.98. The summed E-state index contributed by atoms with van der Waals surface area (Å²) in [4.78, 5) is 16.4. The third-order valence-corrected chi connectivity index (χ3v) is 5.44. The van der Waals surface area contributed by atoms with Crippen LogP contribution in [-0.2, 0) is 6.42 Å². The van der Waals surface area contributed by atoms with Gasteiger partial charge in [-0.05, 0) is 55.8 Å². The lowest BCUT2D eigenvalue weighted by Crippen LogP contribution is -2.37. The number of Topliss-reactive ketones (excluding diaryl/α,β-unsaturated/α-hetero) is 1. The van der Waals surface area contributed by atoms with Gasteiger partial charge in [0, 0.05) is 23.0 Å². The maximum absolute atomic E-state index is 12.6. The second kappa shape index (κ2) is 5.74. The van der Waals surface area contributed by atoms with Gasteiger partial charge in [0.2, 0.25) is 0 Å². The maximum atomic E-state index is 12.6. The van der Waals surface area contributed by atoms with Gasteiger partial charge >= 0.3 is 0 Å². The van der Waals surface area contributed by atoms with Gasteiger partial charge in [-0.2, -0.15) is 0 Å². The van der Waals surface area contributed by atoms with Crippen molar-refractivity contribution >= 4 is 17.1 Å². The third-order valence-electron chi connectivity index (χ3n) is 4.44. The van der Waals surface area contributed by atoms with E-state index in [0.717, 1.165) is 29.7 Å². The lowest BCUT2D eigenvalue weighted by Gasteiger charge is -2.33. The van der Waals surface area contributed by atoms with Crippen molar-refractivity contribution in [2.24, 2.45) is 0 Å². The fraction of sp³-hybridized carbons (Fsp3) is 0.389. The van der Waals surface area contributed by atoms with E-state index < -0.39 is 0 Å². The highest BCUT2D eigenvalue weighted by Gasteiger charge is 2.26. The second-order valence-electron chi connectivity index (χ2n) is 5.94. The van der Waals surface area contributed by atoms with Crippen LogP contribution >= 0.6 is 11.3 Å². The van der Waals surface area contributed by atoms with Crippen molar-refractivity contribution in [1.82, 2.24) is 4.90 Å². The molecule has 3 heteroatoms. The minimum absolute atomic E-state index is 0.238. The fourth-order valence-electron chi connectivity index (χ4n) is 3.08. The zero-order chi connectivity index (χ0) is 15.0. The van der Waals surface area contributed by atoms with E-state index >= 15 is 0 Å². The van der Waals surface area contributed by atoms with E-state index in [2.05, 4.69) is 29.3 Å². The molecule has 0 fully saturated rings. The Morgan fingerprint density at radius 2 is 2.14 bits per heavy atom. The Hall–Kier alpha value is -1.45. The largest absolute Gasteiger partial charge is 0.293 e. The summed E-state index contributed by atoms with van der Waals surface area (Å²) in [5.41, 5.74) is 4.50. The topological polar surface area (TPSA) is 20.3 Å². The Kier molecular flexibility index (Phi) is 3.96. The van der Waals surface area contributed by atoms with Crippen LogP contribution < -0.4 is 0 Å². The number of carbonyl (C=O) groups is 1. The number of hydrogen-bond acceptors (Lipinski definition) is 3. The molecule has 1 aromatic heterocycles. The number of fused-ring (bicyclic) bond motifs is 1. The van der Waals surface area contributed by atoms with Gasteiger partial charge in [0.25, 0.3) is 0 Å². The number of benzene rings is 1. The molecular weight excluding hydrogens is 278 g/mol. The Morgan fingerprint density at radius 1 is 1.33 bits per heavy atom. The highest BCUT2D eigenvalue weighted by Crippen LogP contribution is 2.32. The van der Waals surface area contributed by atoms with Gasteiger partial charge in [0.1, 0.15) is 0 Å². The van der Waals surface area contributed by atoms with Crippen LogP contribution in [0.5, 0.6) is 0 Å². The smallest absolute Gasteiger partial charge is 0.177 e. The molecule has 21 heavy (non-hydrogen) atoms. The molecule has 0 bridgehead atoms. The first kappa shape index (κ1) is 14.5. The molecule has 2 heterocycles. The number of nitrogens with zero attached hydrogens (tertiary/aromatic N) is 1. The summed E-state index contributed by atoms with van der Waals surface area (Å²) >= 11 is 1.84. The summed E-state index contributed by atoms with van der Waals surface area (Å²) < 4.78 is 0. The van der Waals surface area contributed by atoms with Crippen LogP contribution in [0, 0.1) is 13.8 Å². The van der Waals surface area contributed by atoms with Gasteiger partial charge in [0.15, 0.2) is 5.78 Å².